The second kappa shape index (κ2) is 21.2. The van der Waals surface area contributed by atoms with Crippen LogP contribution in [0.3, 0.4) is 0 Å². The summed E-state index contributed by atoms with van der Waals surface area (Å²) in [6.45, 7) is 14.2. The van der Waals surface area contributed by atoms with Crippen LogP contribution >= 0.6 is 24.0 Å². The van der Waals surface area contributed by atoms with Crippen molar-refractivity contribution in [3.05, 3.63) is 39.8 Å². The van der Waals surface area contributed by atoms with E-state index >= 15 is 0 Å². The predicted molar refractivity (Wildman–Crippen MR) is 180 cm³/mol. The molecule has 12 heteroatoms. The molecular formula is C32H49N6O4S2+. The molecule has 2 rings (SSSR count). The van der Waals surface area contributed by atoms with Gasteiger partial charge in [0.15, 0.2) is 5.00 Å². The summed E-state index contributed by atoms with van der Waals surface area (Å²) in [6, 6.07) is 10.2. The van der Waals surface area contributed by atoms with Gasteiger partial charge >= 0.3 is 0 Å². The number of ether oxygens (including phenoxy) is 4. The van der Waals surface area contributed by atoms with Crippen molar-refractivity contribution >= 4 is 40.3 Å². The van der Waals surface area contributed by atoms with Crippen molar-refractivity contribution in [1.29, 1.82) is 10.5 Å². The largest absolute Gasteiger partial charge is 0.377 e. The fraction of sp³-hybridized carbons (Fsp3) is 0.625. The number of quaternary nitrogens is 1. The number of unbranched alkanes of at least 4 members (excludes halogenated alkanes) is 1. The van der Waals surface area contributed by atoms with Crippen molar-refractivity contribution in [2.24, 2.45) is 10.2 Å². The number of thiol groups is 1. The van der Waals surface area contributed by atoms with Crippen LogP contribution in [-0.2, 0) is 18.9 Å². The van der Waals surface area contributed by atoms with Crippen molar-refractivity contribution in [3.63, 3.8) is 0 Å². The van der Waals surface area contributed by atoms with Crippen LogP contribution in [0.4, 0.5) is 16.4 Å². The number of azo groups is 1. The minimum atomic E-state index is 0.405. The molecule has 1 heterocycles. The Morgan fingerprint density at radius 2 is 1.50 bits per heavy atom. The van der Waals surface area contributed by atoms with Gasteiger partial charge in [-0.25, -0.2) is 0 Å². The Hall–Kier alpha value is -2.55. The number of nitriles is 2. The van der Waals surface area contributed by atoms with Gasteiger partial charge in [0.1, 0.15) is 23.6 Å². The van der Waals surface area contributed by atoms with Gasteiger partial charge in [-0.3, -0.25) is 0 Å². The van der Waals surface area contributed by atoms with Gasteiger partial charge in [-0.15, -0.1) is 21.6 Å². The number of aryl methyl sites for hydroxylation is 1. The molecule has 0 radical (unpaired) electrons. The van der Waals surface area contributed by atoms with Crippen molar-refractivity contribution in [2.75, 3.05) is 104 Å². The average Bonchev–Trinajstić information content (AvgIpc) is 3.32. The maximum absolute atomic E-state index is 9.43. The Morgan fingerprint density at radius 3 is 2.07 bits per heavy atom. The number of thiophene rings is 1. The standard InChI is InChI=1S/C32H48N6O4S2/c1-6-37(28-9-10-30(26(2)23-28)35-36-32-29(24-33)27(3)31(25-34)44-32)11-14-39-16-18-41-20-21-42-19-17-40-15-13-38(4,5)12-7-8-22-43/h9-10,23H,6-8,11-22H2,1-5H3/p+1. The Bertz CT molecular complexity index is 1240. The second-order valence-electron chi connectivity index (χ2n) is 11.0. The predicted octanol–water partition coefficient (Wildman–Crippen LogP) is 6.20. The van der Waals surface area contributed by atoms with E-state index in [4.69, 9.17) is 18.9 Å². The molecule has 2 aromatic rings. The molecule has 0 N–H and O–H groups in total. The first kappa shape index (κ1) is 37.6. The van der Waals surface area contributed by atoms with Crippen molar-refractivity contribution in [1.82, 2.24) is 0 Å². The highest BCUT2D eigenvalue weighted by Gasteiger charge is 2.15. The first-order chi connectivity index (χ1) is 21.3. The molecule has 0 bridgehead atoms. The van der Waals surface area contributed by atoms with E-state index in [1.54, 1.807) is 6.92 Å². The van der Waals surface area contributed by atoms with Gasteiger partial charge in [0.05, 0.1) is 84.7 Å². The van der Waals surface area contributed by atoms with Gasteiger partial charge in [-0.2, -0.15) is 23.2 Å². The minimum Gasteiger partial charge on any atom is -0.377 e. The van der Waals surface area contributed by atoms with E-state index < -0.39 is 0 Å². The number of nitrogens with zero attached hydrogens (tertiary/aromatic N) is 6. The van der Waals surface area contributed by atoms with Crippen LogP contribution in [0.25, 0.3) is 0 Å². The Balaban J connectivity index is 1.58. The van der Waals surface area contributed by atoms with Crippen LogP contribution in [-0.4, -0.2) is 103 Å². The molecule has 0 saturated carbocycles. The van der Waals surface area contributed by atoms with E-state index in [0.29, 0.717) is 67.3 Å². The minimum absolute atomic E-state index is 0.405. The molecule has 1 aromatic heterocycles. The van der Waals surface area contributed by atoms with Crippen LogP contribution in [0.1, 0.15) is 41.3 Å². The van der Waals surface area contributed by atoms with Gasteiger partial charge in [-0.1, -0.05) is 0 Å². The molecule has 0 aliphatic carbocycles. The zero-order valence-electron chi connectivity index (χ0n) is 27.0. The van der Waals surface area contributed by atoms with Crippen LogP contribution in [0.5, 0.6) is 0 Å². The van der Waals surface area contributed by atoms with Gasteiger partial charge in [0.2, 0.25) is 0 Å². The Labute approximate surface area is 273 Å². The van der Waals surface area contributed by atoms with E-state index in [-0.39, 0.29) is 0 Å². The normalized spacial score (nSPS) is 11.6. The lowest BCUT2D eigenvalue weighted by molar-refractivity contribution is -0.890. The van der Waals surface area contributed by atoms with Crippen molar-refractivity contribution < 1.29 is 23.4 Å². The summed E-state index contributed by atoms with van der Waals surface area (Å²) in [5, 5.41) is 27.8. The molecule has 0 atom stereocenters. The smallest absolute Gasteiger partial charge is 0.158 e. The molecule has 10 nitrogen and oxygen atoms in total. The molecule has 0 unspecified atom stereocenters. The van der Waals surface area contributed by atoms with Gasteiger partial charge < -0.3 is 28.3 Å². The van der Waals surface area contributed by atoms with E-state index in [0.717, 1.165) is 66.4 Å². The lowest BCUT2D eigenvalue weighted by Gasteiger charge is -2.29. The number of hydrogen-bond acceptors (Lipinski definition) is 11. The number of likely N-dealkylation sites (N-methyl/N-ethyl adjacent to an activating group) is 2. The third-order valence-corrected chi connectivity index (χ3v) is 8.55. The summed E-state index contributed by atoms with van der Waals surface area (Å²) in [6.07, 6.45) is 2.36. The molecular weight excluding hydrogens is 597 g/mol. The highest BCUT2D eigenvalue weighted by atomic mass is 32.1. The molecule has 0 amide bonds. The average molecular weight is 646 g/mol. The Morgan fingerprint density at radius 1 is 0.864 bits per heavy atom. The van der Waals surface area contributed by atoms with E-state index in [1.165, 1.54) is 17.8 Å². The van der Waals surface area contributed by atoms with Crippen molar-refractivity contribution in [2.45, 2.75) is 33.6 Å². The first-order valence-electron chi connectivity index (χ1n) is 15.2. The monoisotopic (exact) mass is 645 g/mol. The lowest BCUT2D eigenvalue weighted by Crippen LogP contribution is -2.43. The van der Waals surface area contributed by atoms with Gasteiger partial charge in [0, 0.05) is 18.8 Å². The highest BCUT2D eigenvalue weighted by Crippen LogP contribution is 2.36. The quantitative estimate of drug-likeness (QED) is 0.0663. The first-order valence-corrected chi connectivity index (χ1v) is 16.7. The second-order valence-corrected chi connectivity index (χ2v) is 12.4. The maximum Gasteiger partial charge on any atom is 0.158 e. The summed E-state index contributed by atoms with van der Waals surface area (Å²) >= 11 is 5.46. The number of rotatable bonds is 23. The van der Waals surface area contributed by atoms with Crippen LogP contribution in [0.15, 0.2) is 28.4 Å². The number of benzene rings is 1. The lowest BCUT2D eigenvalue weighted by atomic mass is 10.1. The zero-order valence-corrected chi connectivity index (χ0v) is 28.7. The maximum atomic E-state index is 9.43. The third-order valence-electron chi connectivity index (χ3n) is 7.15. The summed E-state index contributed by atoms with van der Waals surface area (Å²) in [7, 11) is 4.48. The van der Waals surface area contributed by atoms with Gasteiger partial charge in [0.25, 0.3) is 0 Å². The van der Waals surface area contributed by atoms with Crippen LogP contribution in [0.2, 0.25) is 0 Å². The molecule has 0 fully saturated rings. The van der Waals surface area contributed by atoms with E-state index in [2.05, 4.69) is 67.0 Å². The van der Waals surface area contributed by atoms with E-state index in [1.807, 2.05) is 19.1 Å². The van der Waals surface area contributed by atoms with Gasteiger partial charge in [-0.05, 0) is 68.7 Å². The molecule has 0 aliphatic rings. The molecule has 0 saturated heterocycles. The van der Waals surface area contributed by atoms with Crippen LogP contribution < -0.4 is 4.90 Å². The third kappa shape index (κ3) is 13.6. The van der Waals surface area contributed by atoms with E-state index in [9.17, 15) is 10.5 Å². The molecule has 0 aliphatic heterocycles. The summed E-state index contributed by atoms with van der Waals surface area (Å²) in [4.78, 5) is 2.73. The number of hydrogen-bond donors (Lipinski definition) is 1. The molecule has 1 aromatic carbocycles. The summed E-state index contributed by atoms with van der Waals surface area (Å²) < 4.78 is 23.7. The fourth-order valence-electron chi connectivity index (χ4n) is 4.34. The molecule has 44 heavy (non-hydrogen) atoms. The molecule has 0 spiro atoms. The topological polar surface area (TPSA) is 112 Å². The summed E-state index contributed by atoms with van der Waals surface area (Å²) in [5.41, 5.74) is 3.83. The van der Waals surface area contributed by atoms with Crippen LogP contribution in [0, 0.1) is 36.5 Å². The number of anilines is 1. The summed E-state index contributed by atoms with van der Waals surface area (Å²) in [5.74, 6) is 0.951. The van der Waals surface area contributed by atoms with Crippen molar-refractivity contribution in [3.8, 4) is 12.1 Å². The molecule has 242 valence electrons. The zero-order chi connectivity index (χ0) is 32.2. The highest BCUT2D eigenvalue weighted by molar-refractivity contribution is 7.80. The fourth-order valence-corrected chi connectivity index (χ4v) is 5.44. The SMILES string of the molecule is CCN(CCOCCOCCOCCOCC[N+](C)(C)CCCCS)c1ccc(N=Nc2sc(C#N)c(C)c2C#N)c(C)c1. The Kier molecular flexibility index (Phi) is 18.2.